The Hall–Kier alpha value is -1.48. The highest BCUT2D eigenvalue weighted by Gasteiger charge is 2.04. The van der Waals surface area contributed by atoms with Crippen LogP contribution in [0.1, 0.15) is 0 Å². The molecule has 2 aromatic carbocycles. The van der Waals surface area contributed by atoms with Gasteiger partial charge in [-0.25, -0.2) is 12.6 Å². The van der Waals surface area contributed by atoms with Crippen LogP contribution < -0.4 is 4.18 Å². The summed E-state index contributed by atoms with van der Waals surface area (Å²) in [5.74, 6) is 0.105. The summed E-state index contributed by atoms with van der Waals surface area (Å²) < 4.78 is 57.6. The van der Waals surface area contributed by atoms with Gasteiger partial charge in [-0.1, -0.05) is 12.1 Å². The smallest absolute Gasteiger partial charge is 0.139 e. The van der Waals surface area contributed by atoms with Gasteiger partial charge in [0.1, 0.15) is 27.2 Å². The first-order valence-electron chi connectivity index (χ1n) is 4.63. The molecule has 0 heterocycles. The van der Waals surface area contributed by atoms with E-state index >= 15 is 0 Å². The maximum absolute atomic E-state index is 10.8. The van der Waals surface area contributed by atoms with Crippen molar-refractivity contribution < 1.29 is 25.9 Å². The quantitative estimate of drug-likeness (QED) is 0.613. The lowest BCUT2D eigenvalue weighted by molar-refractivity contribution is 0.440. The summed E-state index contributed by atoms with van der Waals surface area (Å²) >= 11 is -2.67. The fourth-order valence-corrected chi connectivity index (χ4v) is 2.25. The van der Waals surface area contributed by atoms with E-state index in [4.69, 9.17) is 0 Å². The van der Waals surface area contributed by atoms with E-state index in [2.05, 4.69) is 4.18 Å². The lowest BCUT2D eigenvalue weighted by Crippen LogP contribution is -1.99. The summed E-state index contributed by atoms with van der Waals surface area (Å²) in [6, 6.07) is 8.02. The Morgan fingerprint density at radius 2 is 1.67 bits per heavy atom. The molecule has 0 saturated heterocycles. The Bertz CT molecular complexity index is 722. The van der Waals surface area contributed by atoms with E-state index < -0.39 is 21.5 Å². The molecule has 2 rings (SSSR count). The van der Waals surface area contributed by atoms with Crippen molar-refractivity contribution in [1.82, 2.24) is 0 Å². The standard InChI is InChI=1S/C10H8O6S2/c11-17(12)16-9-3-1-8-6-10(18(13,14)15)4-2-7(8)5-9/h1-6H,(H,11,12)(H,13,14,15)/p-2. The molecule has 2 aromatic rings. The van der Waals surface area contributed by atoms with E-state index in [-0.39, 0.29) is 10.6 Å². The zero-order valence-corrected chi connectivity index (χ0v) is 10.4. The van der Waals surface area contributed by atoms with E-state index in [1.54, 1.807) is 0 Å². The second kappa shape index (κ2) is 4.65. The van der Waals surface area contributed by atoms with Gasteiger partial charge in [0.15, 0.2) is 0 Å². The average Bonchev–Trinajstić information content (AvgIpc) is 2.26. The van der Waals surface area contributed by atoms with Gasteiger partial charge in [0.25, 0.3) is 0 Å². The monoisotopic (exact) mass is 286 g/mol. The maximum atomic E-state index is 10.8. The molecule has 0 bridgehead atoms. The zero-order chi connectivity index (χ0) is 13.3. The van der Waals surface area contributed by atoms with Gasteiger partial charge in [-0.05, 0) is 35.0 Å². The Labute approximate surface area is 105 Å². The SMILES string of the molecule is O=S([O-])Oc1ccc2cc(S(=O)(=O)[O-])ccc2c1. The Morgan fingerprint density at radius 3 is 2.28 bits per heavy atom. The molecular weight excluding hydrogens is 280 g/mol. The van der Waals surface area contributed by atoms with Crippen LogP contribution in [0.25, 0.3) is 10.8 Å². The molecule has 1 atom stereocenters. The van der Waals surface area contributed by atoms with E-state index in [9.17, 15) is 21.7 Å². The van der Waals surface area contributed by atoms with E-state index in [0.717, 1.165) is 6.07 Å². The number of fused-ring (bicyclic) bond motifs is 1. The highest BCUT2D eigenvalue weighted by atomic mass is 32.2. The third kappa shape index (κ3) is 2.85. The number of benzene rings is 2. The van der Waals surface area contributed by atoms with E-state index in [1.165, 1.54) is 30.3 Å². The molecule has 6 nitrogen and oxygen atoms in total. The molecule has 1 unspecified atom stereocenters. The van der Waals surface area contributed by atoms with Crippen molar-refractivity contribution >= 4 is 32.3 Å². The summed E-state index contributed by atoms with van der Waals surface area (Å²) in [5.41, 5.74) is 0. The van der Waals surface area contributed by atoms with Crippen LogP contribution >= 0.6 is 0 Å². The summed E-state index contributed by atoms with van der Waals surface area (Å²) in [6.07, 6.45) is 0. The molecule has 8 heteroatoms. The van der Waals surface area contributed by atoms with E-state index in [0.29, 0.717) is 10.8 Å². The van der Waals surface area contributed by atoms with Crippen LogP contribution in [-0.4, -0.2) is 21.7 Å². The zero-order valence-electron chi connectivity index (χ0n) is 8.73. The Balaban J connectivity index is 2.52. The Morgan fingerprint density at radius 1 is 1.06 bits per heavy atom. The number of hydrogen-bond donors (Lipinski definition) is 0. The minimum atomic E-state index is -4.50. The number of rotatable bonds is 3. The number of hydrogen-bond acceptors (Lipinski definition) is 6. The molecule has 0 amide bonds. The van der Waals surface area contributed by atoms with Gasteiger partial charge in [-0.3, -0.25) is 0 Å². The third-order valence-corrected chi connectivity index (χ3v) is 3.40. The highest BCUT2D eigenvalue weighted by Crippen LogP contribution is 2.23. The van der Waals surface area contributed by atoms with Crippen molar-refractivity contribution in [2.45, 2.75) is 4.90 Å². The van der Waals surface area contributed by atoms with Gasteiger partial charge in [0.05, 0.1) is 4.90 Å². The fourth-order valence-electron chi connectivity index (χ4n) is 1.49. The maximum Gasteiger partial charge on any atom is 0.139 e. The second-order valence-electron chi connectivity index (χ2n) is 3.41. The van der Waals surface area contributed by atoms with Gasteiger partial charge in [0.2, 0.25) is 0 Å². The predicted molar refractivity (Wildman–Crippen MR) is 61.5 cm³/mol. The molecule has 0 aliphatic heterocycles. The molecule has 0 N–H and O–H groups in total. The van der Waals surface area contributed by atoms with Crippen LogP contribution in [0, 0.1) is 0 Å². The molecule has 0 aliphatic carbocycles. The predicted octanol–water partition coefficient (Wildman–Crippen LogP) is 0.917. The van der Waals surface area contributed by atoms with E-state index in [1.807, 2.05) is 0 Å². The first-order chi connectivity index (χ1) is 8.36. The van der Waals surface area contributed by atoms with Gasteiger partial charge < -0.3 is 13.3 Å². The molecule has 0 fully saturated rings. The van der Waals surface area contributed by atoms with Crippen LogP contribution in [0.4, 0.5) is 0 Å². The molecule has 18 heavy (non-hydrogen) atoms. The van der Waals surface area contributed by atoms with Gasteiger partial charge >= 0.3 is 0 Å². The van der Waals surface area contributed by atoms with Crippen LogP contribution in [0.3, 0.4) is 0 Å². The normalized spacial score (nSPS) is 13.4. The molecule has 0 spiro atoms. The van der Waals surface area contributed by atoms with Gasteiger partial charge in [-0.2, -0.15) is 0 Å². The average molecular weight is 286 g/mol. The molecule has 0 saturated carbocycles. The largest absolute Gasteiger partial charge is 0.744 e. The molecular formula is C10H6O6S2-2. The summed E-state index contributed by atoms with van der Waals surface area (Å²) in [6.45, 7) is 0. The van der Waals surface area contributed by atoms with Crippen LogP contribution in [0.5, 0.6) is 5.75 Å². The fraction of sp³-hybridized carbons (Fsp3) is 0. The van der Waals surface area contributed by atoms with Crippen molar-refractivity contribution in [3.05, 3.63) is 36.4 Å². The molecule has 0 radical (unpaired) electrons. The lowest BCUT2D eigenvalue weighted by Gasteiger charge is -2.10. The van der Waals surface area contributed by atoms with Gasteiger partial charge in [0, 0.05) is 0 Å². The van der Waals surface area contributed by atoms with Crippen LogP contribution in [-0.2, 0) is 21.5 Å². The van der Waals surface area contributed by atoms with Crippen molar-refractivity contribution in [2.24, 2.45) is 0 Å². The molecule has 0 aliphatic rings. The first kappa shape index (κ1) is 13.0. The van der Waals surface area contributed by atoms with Crippen molar-refractivity contribution in [3.8, 4) is 5.75 Å². The minimum absolute atomic E-state index is 0.105. The summed E-state index contributed by atoms with van der Waals surface area (Å²) in [7, 11) is -4.50. The highest BCUT2D eigenvalue weighted by molar-refractivity contribution is 7.85. The summed E-state index contributed by atoms with van der Waals surface area (Å²) in [4.78, 5) is -0.337. The van der Waals surface area contributed by atoms with Crippen LogP contribution in [0.15, 0.2) is 41.3 Å². The molecule has 96 valence electrons. The Kier molecular flexibility index (Phi) is 3.35. The minimum Gasteiger partial charge on any atom is -0.744 e. The molecule has 0 aromatic heterocycles. The van der Waals surface area contributed by atoms with Gasteiger partial charge in [-0.15, -0.1) is 0 Å². The second-order valence-corrected chi connectivity index (χ2v) is 5.37. The van der Waals surface area contributed by atoms with Crippen molar-refractivity contribution in [2.75, 3.05) is 0 Å². The van der Waals surface area contributed by atoms with Crippen molar-refractivity contribution in [1.29, 1.82) is 0 Å². The van der Waals surface area contributed by atoms with Crippen molar-refractivity contribution in [3.63, 3.8) is 0 Å². The summed E-state index contributed by atoms with van der Waals surface area (Å²) in [5, 5.41) is 1.06. The lowest BCUT2D eigenvalue weighted by atomic mass is 10.1. The topological polar surface area (TPSA) is 107 Å². The third-order valence-electron chi connectivity index (χ3n) is 2.24. The first-order valence-corrected chi connectivity index (χ1v) is 7.04. The van der Waals surface area contributed by atoms with Crippen LogP contribution in [0.2, 0.25) is 0 Å².